The highest BCUT2D eigenvalue weighted by Crippen LogP contribution is 2.32. The van der Waals surface area contributed by atoms with E-state index in [1.807, 2.05) is 24.3 Å². The first-order chi connectivity index (χ1) is 17.0. The summed E-state index contributed by atoms with van der Waals surface area (Å²) < 4.78 is 49.5. The van der Waals surface area contributed by atoms with E-state index in [2.05, 4.69) is 0 Å². The molecule has 3 aromatic carbocycles. The number of methoxy groups -OCH3 is 1. The van der Waals surface area contributed by atoms with Gasteiger partial charge in [-0.15, -0.1) is 0 Å². The van der Waals surface area contributed by atoms with E-state index in [1.54, 1.807) is 30.3 Å². The number of ether oxygens (including phenoxy) is 3. The Morgan fingerprint density at radius 1 is 0.971 bits per heavy atom. The van der Waals surface area contributed by atoms with Crippen LogP contribution in [0.2, 0.25) is 0 Å². The van der Waals surface area contributed by atoms with E-state index in [1.165, 1.54) is 29.6 Å². The second-order valence-electron chi connectivity index (χ2n) is 7.94. The molecule has 0 bridgehead atoms. The summed E-state index contributed by atoms with van der Waals surface area (Å²) in [6.45, 7) is 1.23. The second-order valence-corrected chi connectivity index (χ2v) is 9.84. The van der Waals surface area contributed by atoms with Gasteiger partial charge in [0.25, 0.3) is 0 Å². The van der Waals surface area contributed by atoms with Crippen LogP contribution in [0.5, 0.6) is 11.5 Å². The summed E-state index contributed by atoms with van der Waals surface area (Å²) in [5.74, 6) is 0.0198. The molecule has 9 heteroatoms. The van der Waals surface area contributed by atoms with Crippen molar-refractivity contribution < 1.29 is 31.8 Å². The zero-order valence-corrected chi connectivity index (χ0v) is 19.8. The van der Waals surface area contributed by atoms with Crippen molar-refractivity contribution in [3.63, 3.8) is 0 Å². The Balaban J connectivity index is 1.36. The highest BCUT2D eigenvalue weighted by Gasteiger charge is 2.29. The van der Waals surface area contributed by atoms with Crippen molar-refractivity contribution in [1.82, 2.24) is 4.31 Å². The maximum absolute atomic E-state index is 13.1. The zero-order valence-electron chi connectivity index (χ0n) is 19.0. The fraction of sp³-hybridized carbons (Fsp3) is 0.192. The van der Waals surface area contributed by atoms with Crippen molar-refractivity contribution >= 4 is 44.0 Å². The van der Waals surface area contributed by atoms with Crippen LogP contribution in [0.4, 0.5) is 0 Å². The van der Waals surface area contributed by atoms with Gasteiger partial charge in [-0.05, 0) is 48.0 Å². The molecular formula is C26H23NO7S. The predicted octanol–water partition coefficient (Wildman–Crippen LogP) is 4.23. The van der Waals surface area contributed by atoms with E-state index in [4.69, 9.17) is 18.6 Å². The summed E-state index contributed by atoms with van der Waals surface area (Å²) in [7, 11) is -2.36. The van der Waals surface area contributed by atoms with Gasteiger partial charge in [0.2, 0.25) is 10.0 Å². The average molecular weight is 494 g/mol. The van der Waals surface area contributed by atoms with Crippen molar-refractivity contribution in [1.29, 1.82) is 0 Å². The topological polar surface area (TPSA) is 95.3 Å². The van der Waals surface area contributed by atoms with Crippen LogP contribution in [-0.4, -0.2) is 52.1 Å². The van der Waals surface area contributed by atoms with Gasteiger partial charge in [0, 0.05) is 29.9 Å². The van der Waals surface area contributed by atoms with E-state index in [0.29, 0.717) is 30.1 Å². The molecule has 1 aromatic heterocycles. The van der Waals surface area contributed by atoms with E-state index in [0.717, 1.165) is 16.4 Å². The van der Waals surface area contributed by atoms with Crippen molar-refractivity contribution in [2.24, 2.45) is 0 Å². The molecule has 0 saturated carbocycles. The second kappa shape index (κ2) is 9.53. The quantitative estimate of drug-likeness (QED) is 0.225. The SMILES string of the molecule is COc1ccc(/C=C/C(=O)Oc2ccc3oc4ccccc4c3c2)cc1S(=O)(=O)N1CCOCC1. The van der Waals surface area contributed by atoms with E-state index >= 15 is 0 Å². The van der Waals surface area contributed by atoms with Crippen LogP contribution in [-0.2, 0) is 19.6 Å². The van der Waals surface area contributed by atoms with Gasteiger partial charge in [-0.3, -0.25) is 0 Å². The number of nitrogens with zero attached hydrogens (tertiary/aromatic N) is 1. The van der Waals surface area contributed by atoms with Gasteiger partial charge in [0.15, 0.2) is 0 Å². The molecule has 1 aliphatic heterocycles. The van der Waals surface area contributed by atoms with E-state index < -0.39 is 16.0 Å². The lowest BCUT2D eigenvalue weighted by molar-refractivity contribution is -0.128. The number of rotatable bonds is 6. The summed E-state index contributed by atoms with van der Waals surface area (Å²) in [5.41, 5.74) is 1.98. The maximum Gasteiger partial charge on any atom is 0.336 e. The highest BCUT2D eigenvalue weighted by atomic mass is 32.2. The first kappa shape index (κ1) is 23.1. The number of carbonyl (C=O) groups is 1. The molecule has 35 heavy (non-hydrogen) atoms. The molecule has 4 aromatic rings. The standard InChI is InChI=1S/C26H23NO7S/c1-31-24-9-6-18(16-25(24)35(29,30)27-12-14-32-15-13-27)7-11-26(28)33-19-8-10-23-21(17-19)20-4-2-3-5-22(20)34-23/h2-11,16-17H,12-15H2,1H3/b11-7+. The summed E-state index contributed by atoms with van der Waals surface area (Å²) >= 11 is 0. The molecule has 1 fully saturated rings. The van der Waals surface area contributed by atoms with Crippen molar-refractivity contribution in [3.05, 3.63) is 72.3 Å². The average Bonchev–Trinajstić information content (AvgIpc) is 3.26. The number of morpholine rings is 1. The molecule has 0 N–H and O–H groups in total. The lowest BCUT2D eigenvalue weighted by Gasteiger charge is -2.26. The summed E-state index contributed by atoms with van der Waals surface area (Å²) in [5, 5.41) is 1.78. The van der Waals surface area contributed by atoms with Gasteiger partial charge >= 0.3 is 5.97 Å². The normalized spacial score (nSPS) is 15.1. The third-order valence-electron chi connectivity index (χ3n) is 5.75. The number of hydrogen-bond donors (Lipinski definition) is 0. The largest absolute Gasteiger partial charge is 0.495 e. The molecular weight excluding hydrogens is 470 g/mol. The number of furan rings is 1. The zero-order chi connectivity index (χ0) is 24.4. The number of fused-ring (bicyclic) bond motifs is 3. The fourth-order valence-corrected chi connectivity index (χ4v) is 5.61. The van der Waals surface area contributed by atoms with Crippen molar-refractivity contribution in [3.8, 4) is 11.5 Å². The molecule has 2 heterocycles. The number of sulfonamides is 1. The highest BCUT2D eigenvalue weighted by molar-refractivity contribution is 7.89. The van der Waals surface area contributed by atoms with Gasteiger partial charge in [-0.1, -0.05) is 24.3 Å². The van der Waals surface area contributed by atoms with Crippen LogP contribution >= 0.6 is 0 Å². The molecule has 0 aliphatic carbocycles. The predicted molar refractivity (Wildman–Crippen MR) is 131 cm³/mol. The minimum absolute atomic E-state index is 0.0368. The Bertz CT molecular complexity index is 1530. The molecule has 8 nitrogen and oxygen atoms in total. The number of para-hydroxylation sites is 1. The monoisotopic (exact) mass is 493 g/mol. The number of hydrogen-bond acceptors (Lipinski definition) is 7. The summed E-state index contributed by atoms with van der Waals surface area (Å²) in [6.07, 6.45) is 2.76. The molecule has 0 atom stereocenters. The molecule has 0 unspecified atom stereocenters. The lowest BCUT2D eigenvalue weighted by Crippen LogP contribution is -2.40. The van der Waals surface area contributed by atoms with Crippen molar-refractivity contribution in [2.45, 2.75) is 4.90 Å². The molecule has 0 spiro atoms. The van der Waals surface area contributed by atoms with Crippen LogP contribution in [0.1, 0.15) is 5.56 Å². The van der Waals surface area contributed by atoms with Gasteiger partial charge in [-0.25, -0.2) is 13.2 Å². The van der Waals surface area contributed by atoms with Gasteiger partial charge < -0.3 is 18.6 Å². The van der Waals surface area contributed by atoms with Crippen LogP contribution in [0.15, 0.2) is 76.1 Å². The minimum atomic E-state index is -3.78. The molecule has 180 valence electrons. The molecule has 0 radical (unpaired) electrons. The van der Waals surface area contributed by atoms with Crippen LogP contribution < -0.4 is 9.47 Å². The summed E-state index contributed by atoms with van der Waals surface area (Å²) in [6, 6.07) is 17.5. The first-order valence-corrected chi connectivity index (χ1v) is 12.5. The van der Waals surface area contributed by atoms with Crippen LogP contribution in [0, 0.1) is 0 Å². The Kier molecular flexibility index (Phi) is 6.29. The summed E-state index contributed by atoms with van der Waals surface area (Å²) in [4.78, 5) is 12.5. The molecule has 1 aliphatic rings. The smallest absolute Gasteiger partial charge is 0.336 e. The Morgan fingerprint density at radius 2 is 1.74 bits per heavy atom. The maximum atomic E-state index is 13.1. The van der Waals surface area contributed by atoms with Crippen LogP contribution in [0.3, 0.4) is 0 Å². The Labute approximate surface area is 202 Å². The third kappa shape index (κ3) is 4.66. The van der Waals surface area contributed by atoms with Gasteiger partial charge in [0.1, 0.15) is 27.6 Å². The Morgan fingerprint density at radius 3 is 2.54 bits per heavy atom. The first-order valence-electron chi connectivity index (χ1n) is 11.0. The van der Waals surface area contributed by atoms with Gasteiger partial charge in [0.05, 0.1) is 20.3 Å². The molecule has 0 amide bonds. The number of benzene rings is 3. The van der Waals surface area contributed by atoms with Crippen LogP contribution in [0.25, 0.3) is 28.0 Å². The fourth-order valence-electron chi connectivity index (χ4n) is 4.01. The minimum Gasteiger partial charge on any atom is -0.495 e. The number of esters is 1. The molecule has 5 rings (SSSR count). The third-order valence-corrected chi connectivity index (χ3v) is 7.67. The Hall–Kier alpha value is -3.66. The van der Waals surface area contributed by atoms with E-state index in [-0.39, 0.29) is 23.7 Å². The lowest BCUT2D eigenvalue weighted by atomic mass is 10.1. The number of carbonyl (C=O) groups excluding carboxylic acids is 1. The van der Waals surface area contributed by atoms with Gasteiger partial charge in [-0.2, -0.15) is 4.31 Å². The van der Waals surface area contributed by atoms with Crippen molar-refractivity contribution in [2.75, 3.05) is 33.4 Å². The molecule has 1 saturated heterocycles. The van der Waals surface area contributed by atoms with E-state index in [9.17, 15) is 13.2 Å².